The summed E-state index contributed by atoms with van der Waals surface area (Å²) in [6.07, 6.45) is 1.71. The Morgan fingerprint density at radius 2 is 2.14 bits per heavy atom. The van der Waals surface area contributed by atoms with Gasteiger partial charge in [-0.25, -0.2) is 4.98 Å². The second-order valence-electron chi connectivity index (χ2n) is 5.25. The van der Waals surface area contributed by atoms with E-state index in [1.54, 1.807) is 35.8 Å². The van der Waals surface area contributed by atoms with Crippen LogP contribution in [-0.4, -0.2) is 56.2 Å². The van der Waals surface area contributed by atoms with Gasteiger partial charge in [0.15, 0.2) is 11.7 Å². The standard InChI is InChI=1S/C15H18Cl2N6O2S3/c16-11-2-1-3-18-12(11)9-26-6-4-19-13(8-23(24)25)20-5-7-27-10-14-21-15(17)28-22-14/h1-3H,4-10H2,(H,19,20). The van der Waals surface area contributed by atoms with Gasteiger partial charge in [-0.2, -0.15) is 27.9 Å². The number of hydrogen-bond acceptors (Lipinski definition) is 9. The van der Waals surface area contributed by atoms with Crippen molar-refractivity contribution in [2.45, 2.75) is 11.5 Å². The number of aromatic nitrogens is 3. The van der Waals surface area contributed by atoms with Crippen LogP contribution in [-0.2, 0) is 11.5 Å². The maximum absolute atomic E-state index is 10.8. The first-order valence-corrected chi connectivity index (χ1v) is 12.0. The Balaban J connectivity index is 1.66. The van der Waals surface area contributed by atoms with Crippen molar-refractivity contribution < 1.29 is 4.92 Å². The van der Waals surface area contributed by atoms with Gasteiger partial charge < -0.3 is 5.32 Å². The fourth-order valence-corrected chi connectivity index (χ4v) is 4.42. The van der Waals surface area contributed by atoms with E-state index >= 15 is 0 Å². The van der Waals surface area contributed by atoms with Gasteiger partial charge in [-0.1, -0.05) is 11.6 Å². The van der Waals surface area contributed by atoms with E-state index in [4.69, 9.17) is 23.2 Å². The van der Waals surface area contributed by atoms with Gasteiger partial charge >= 0.3 is 0 Å². The highest BCUT2D eigenvalue weighted by Crippen LogP contribution is 2.18. The van der Waals surface area contributed by atoms with Crippen molar-refractivity contribution in [3.05, 3.63) is 49.5 Å². The molecule has 0 aliphatic rings. The van der Waals surface area contributed by atoms with E-state index in [0.29, 0.717) is 51.5 Å². The van der Waals surface area contributed by atoms with Crippen LogP contribution in [0.3, 0.4) is 0 Å². The van der Waals surface area contributed by atoms with Crippen LogP contribution in [0.5, 0.6) is 0 Å². The van der Waals surface area contributed by atoms with Crippen LogP contribution >= 0.6 is 58.3 Å². The molecule has 0 aromatic carbocycles. The fourth-order valence-electron chi connectivity index (χ4n) is 1.94. The van der Waals surface area contributed by atoms with Gasteiger partial charge in [0.05, 0.1) is 23.0 Å². The van der Waals surface area contributed by atoms with E-state index in [-0.39, 0.29) is 11.5 Å². The van der Waals surface area contributed by atoms with E-state index < -0.39 is 0 Å². The zero-order valence-electron chi connectivity index (χ0n) is 14.7. The van der Waals surface area contributed by atoms with E-state index in [1.807, 2.05) is 6.07 Å². The lowest BCUT2D eigenvalue weighted by atomic mass is 10.4. The molecule has 8 nitrogen and oxygen atoms in total. The van der Waals surface area contributed by atoms with Crippen LogP contribution in [0.25, 0.3) is 0 Å². The lowest BCUT2D eigenvalue weighted by molar-refractivity contribution is -0.463. The predicted molar refractivity (Wildman–Crippen MR) is 119 cm³/mol. The fraction of sp³-hybridized carbons (Fsp3) is 0.467. The predicted octanol–water partition coefficient (Wildman–Crippen LogP) is 3.67. The molecule has 0 radical (unpaired) electrons. The van der Waals surface area contributed by atoms with Gasteiger partial charge in [-0.05, 0) is 35.3 Å². The molecule has 0 atom stereocenters. The van der Waals surface area contributed by atoms with Crippen molar-refractivity contribution in [1.82, 2.24) is 19.7 Å². The molecule has 13 heteroatoms. The molecular weight excluding hydrogens is 463 g/mol. The van der Waals surface area contributed by atoms with E-state index in [0.717, 1.165) is 23.0 Å². The minimum Gasteiger partial charge on any atom is -0.368 e. The summed E-state index contributed by atoms with van der Waals surface area (Å²) in [5, 5.41) is 14.5. The highest BCUT2D eigenvalue weighted by Gasteiger charge is 2.07. The summed E-state index contributed by atoms with van der Waals surface area (Å²) in [4.78, 5) is 23.0. The lowest BCUT2D eigenvalue weighted by Crippen LogP contribution is -2.32. The first-order chi connectivity index (χ1) is 13.5. The Morgan fingerprint density at radius 3 is 2.86 bits per heavy atom. The number of amidine groups is 1. The average molecular weight is 481 g/mol. The molecule has 0 amide bonds. The summed E-state index contributed by atoms with van der Waals surface area (Å²) in [5.41, 5.74) is 0.835. The van der Waals surface area contributed by atoms with Crippen molar-refractivity contribution in [1.29, 1.82) is 0 Å². The Labute approximate surface area is 185 Å². The molecule has 0 spiro atoms. The van der Waals surface area contributed by atoms with Crippen LogP contribution in [0, 0.1) is 10.1 Å². The van der Waals surface area contributed by atoms with Crippen LogP contribution in [0.15, 0.2) is 23.3 Å². The molecule has 0 saturated carbocycles. The Hall–Kier alpha value is -1.14. The monoisotopic (exact) mass is 480 g/mol. The number of nitrogens with zero attached hydrogens (tertiary/aromatic N) is 5. The zero-order chi connectivity index (χ0) is 20.2. The molecule has 152 valence electrons. The summed E-state index contributed by atoms with van der Waals surface area (Å²) in [6.45, 7) is 0.746. The number of thioether (sulfide) groups is 2. The van der Waals surface area contributed by atoms with Gasteiger partial charge in [0.2, 0.25) is 4.47 Å². The summed E-state index contributed by atoms with van der Waals surface area (Å²) in [5.74, 6) is 3.88. The molecule has 0 saturated heterocycles. The maximum Gasteiger partial charge on any atom is 0.259 e. The normalized spacial score (nSPS) is 11.6. The molecule has 2 aromatic rings. The smallest absolute Gasteiger partial charge is 0.259 e. The first kappa shape index (κ1) is 23.1. The van der Waals surface area contributed by atoms with Crippen molar-refractivity contribution >= 4 is 64.1 Å². The number of rotatable bonds is 12. The number of nitro groups is 1. The average Bonchev–Trinajstić information content (AvgIpc) is 3.07. The first-order valence-electron chi connectivity index (χ1n) is 8.16. The Kier molecular flexibility index (Phi) is 10.9. The molecule has 0 fully saturated rings. The van der Waals surface area contributed by atoms with Crippen molar-refractivity contribution in [2.75, 3.05) is 31.1 Å². The SMILES string of the molecule is O=[N+]([O-])CC(=NCCSCc1nsc(Cl)n1)NCCSCc1ncccc1Cl. The summed E-state index contributed by atoms with van der Waals surface area (Å²) >= 11 is 16.2. The number of pyridine rings is 1. The molecular formula is C15H18Cl2N6O2S3. The van der Waals surface area contributed by atoms with Gasteiger partial charge in [-0.15, -0.1) is 0 Å². The van der Waals surface area contributed by atoms with Crippen molar-refractivity contribution in [2.24, 2.45) is 4.99 Å². The van der Waals surface area contributed by atoms with Crippen molar-refractivity contribution in [3.63, 3.8) is 0 Å². The van der Waals surface area contributed by atoms with E-state index in [1.165, 1.54) is 0 Å². The Bertz CT molecular complexity index is 793. The number of nitrogens with one attached hydrogen (secondary N) is 1. The van der Waals surface area contributed by atoms with Crippen LogP contribution in [0.4, 0.5) is 0 Å². The molecule has 2 rings (SSSR count). The lowest BCUT2D eigenvalue weighted by Gasteiger charge is -2.07. The number of halogens is 2. The van der Waals surface area contributed by atoms with Gasteiger partial charge in [-0.3, -0.25) is 20.1 Å². The second kappa shape index (κ2) is 13.2. The molecule has 1 N–H and O–H groups in total. The summed E-state index contributed by atoms with van der Waals surface area (Å²) in [7, 11) is 0. The zero-order valence-corrected chi connectivity index (χ0v) is 18.7. The molecule has 0 aliphatic heterocycles. The molecule has 2 aromatic heterocycles. The molecule has 0 aliphatic carbocycles. The number of hydrogen-bond donors (Lipinski definition) is 1. The third-order valence-corrected chi connectivity index (χ3v) is 6.22. The van der Waals surface area contributed by atoms with Crippen LogP contribution < -0.4 is 5.32 Å². The van der Waals surface area contributed by atoms with Crippen molar-refractivity contribution in [3.8, 4) is 0 Å². The van der Waals surface area contributed by atoms with Gasteiger partial charge in [0.1, 0.15) is 0 Å². The van der Waals surface area contributed by atoms with E-state index in [9.17, 15) is 10.1 Å². The minimum atomic E-state index is -0.388. The third-order valence-electron chi connectivity index (χ3n) is 3.14. The molecule has 28 heavy (non-hydrogen) atoms. The van der Waals surface area contributed by atoms with Gasteiger partial charge in [0, 0.05) is 34.9 Å². The maximum atomic E-state index is 10.8. The largest absolute Gasteiger partial charge is 0.368 e. The van der Waals surface area contributed by atoms with Crippen LogP contribution in [0.1, 0.15) is 11.5 Å². The van der Waals surface area contributed by atoms with Gasteiger partial charge in [0.25, 0.3) is 6.54 Å². The third kappa shape index (κ3) is 9.37. The molecule has 0 unspecified atom stereocenters. The summed E-state index contributed by atoms with van der Waals surface area (Å²) < 4.78 is 4.52. The quantitative estimate of drug-likeness (QED) is 0.161. The second-order valence-corrected chi connectivity index (χ2v) is 9.20. The molecule has 2 heterocycles. The molecule has 0 bridgehead atoms. The Morgan fingerprint density at radius 1 is 1.32 bits per heavy atom. The van der Waals surface area contributed by atoms with E-state index in [2.05, 4.69) is 24.7 Å². The topological polar surface area (TPSA) is 106 Å². The minimum absolute atomic E-state index is 0.315. The highest BCUT2D eigenvalue weighted by molar-refractivity contribution is 7.98. The van der Waals surface area contributed by atoms with Crippen LogP contribution in [0.2, 0.25) is 9.49 Å². The summed E-state index contributed by atoms with van der Waals surface area (Å²) in [6, 6.07) is 3.60. The highest BCUT2D eigenvalue weighted by atomic mass is 35.5. The number of aliphatic imine (C=N–C) groups is 1.